The fourth-order valence-electron chi connectivity index (χ4n) is 10.6. The van der Waals surface area contributed by atoms with Gasteiger partial charge in [-0.3, -0.25) is 0 Å². The van der Waals surface area contributed by atoms with Crippen LogP contribution in [-0.4, -0.2) is 0 Å². The van der Waals surface area contributed by atoms with E-state index in [1.807, 2.05) is 0 Å². The molecule has 0 bridgehead atoms. The van der Waals surface area contributed by atoms with Crippen LogP contribution in [0.4, 0.5) is 0 Å². The van der Waals surface area contributed by atoms with E-state index < -0.39 is 0 Å². The Bertz CT molecular complexity index is 2170. The summed E-state index contributed by atoms with van der Waals surface area (Å²) in [6, 6.07) is 0. The lowest BCUT2D eigenvalue weighted by Crippen LogP contribution is -2.19. The summed E-state index contributed by atoms with van der Waals surface area (Å²) >= 11 is 0. The van der Waals surface area contributed by atoms with Gasteiger partial charge in [0.15, 0.2) is 0 Å². The van der Waals surface area contributed by atoms with Crippen LogP contribution in [0.5, 0.6) is 0 Å². The molecule has 352 valence electrons. The molecule has 8 aliphatic carbocycles. The van der Waals surface area contributed by atoms with Crippen LogP contribution in [0.1, 0.15) is 185 Å². The van der Waals surface area contributed by atoms with E-state index in [0.717, 1.165) is 12.8 Å². The second kappa shape index (κ2) is 17.5. The largest absolute Gasteiger partial charge is 0.0798 e. The molecular formula is C64H96. The van der Waals surface area contributed by atoms with E-state index in [0.29, 0.717) is 67.5 Å². The fourth-order valence-corrected chi connectivity index (χ4v) is 10.6. The van der Waals surface area contributed by atoms with Crippen molar-refractivity contribution in [3.63, 3.8) is 0 Å². The molecule has 8 rings (SSSR count). The topological polar surface area (TPSA) is 0 Å². The van der Waals surface area contributed by atoms with Gasteiger partial charge in [0.05, 0.1) is 0 Å². The smallest absolute Gasteiger partial charge is 0.0204 e. The van der Waals surface area contributed by atoms with Gasteiger partial charge in [0.25, 0.3) is 0 Å². The van der Waals surface area contributed by atoms with Gasteiger partial charge in [-0.1, -0.05) is 273 Å². The Balaban J connectivity index is 0.000000161. The van der Waals surface area contributed by atoms with E-state index in [1.165, 1.54) is 23.1 Å². The maximum absolute atomic E-state index is 2.51. The van der Waals surface area contributed by atoms with Crippen LogP contribution < -0.4 is 0 Å². The van der Waals surface area contributed by atoms with Gasteiger partial charge in [0.1, 0.15) is 0 Å². The van der Waals surface area contributed by atoms with Crippen molar-refractivity contribution < 1.29 is 0 Å². The molecule has 0 radical (unpaired) electrons. The zero-order valence-electron chi connectivity index (χ0n) is 46.0. The van der Waals surface area contributed by atoms with Crippen LogP contribution in [0.3, 0.4) is 0 Å². The predicted molar refractivity (Wildman–Crippen MR) is 285 cm³/mol. The Labute approximate surface area is 396 Å². The molecule has 0 aliphatic heterocycles. The molecule has 0 aromatic carbocycles. The Morgan fingerprint density at radius 1 is 0.453 bits per heavy atom. The van der Waals surface area contributed by atoms with Crippen LogP contribution in [-0.2, 0) is 0 Å². The van der Waals surface area contributed by atoms with Crippen molar-refractivity contribution in [2.75, 3.05) is 0 Å². The second-order valence-corrected chi connectivity index (χ2v) is 29.0. The van der Waals surface area contributed by atoms with Gasteiger partial charge in [0, 0.05) is 29.6 Å². The summed E-state index contributed by atoms with van der Waals surface area (Å²) in [7, 11) is 0. The quantitative estimate of drug-likeness (QED) is 0.213. The Kier molecular flexibility index (Phi) is 14.2. The maximum atomic E-state index is 2.51. The van der Waals surface area contributed by atoms with Crippen molar-refractivity contribution in [2.45, 2.75) is 185 Å². The molecule has 0 heterocycles. The Morgan fingerprint density at radius 3 is 1.52 bits per heavy atom. The van der Waals surface area contributed by atoms with Gasteiger partial charge < -0.3 is 0 Å². The van der Waals surface area contributed by atoms with Gasteiger partial charge in [-0.05, 0) is 96.0 Å². The third kappa shape index (κ3) is 11.9. The molecule has 0 saturated carbocycles. The third-order valence-electron chi connectivity index (χ3n) is 15.0. The molecule has 0 aromatic heterocycles. The highest BCUT2D eigenvalue weighted by atomic mass is 14.4. The molecule has 0 nitrogen and oxygen atoms in total. The van der Waals surface area contributed by atoms with Crippen molar-refractivity contribution >= 4 is 0 Å². The Hall–Kier alpha value is -3.12. The summed E-state index contributed by atoms with van der Waals surface area (Å²) in [5.41, 5.74) is 19.8. The third-order valence-corrected chi connectivity index (χ3v) is 15.0. The molecule has 0 N–H and O–H groups in total. The summed E-state index contributed by atoms with van der Waals surface area (Å²) in [6.07, 6.45) is 35.0. The van der Waals surface area contributed by atoms with Crippen LogP contribution in [0, 0.1) is 72.9 Å². The number of hydrogen-bond donors (Lipinski definition) is 0. The van der Waals surface area contributed by atoms with Gasteiger partial charge >= 0.3 is 0 Å². The molecule has 0 spiro atoms. The molecule has 64 heavy (non-hydrogen) atoms. The second-order valence-electron chi connectivity index (χ2n) is 29.0. The number of rotatable bonds is 0. The molecule has 0 amide bonds. The minimum Gasteiger partial charge on any atom is -0.0798 e. The van der Waals surface area contributed by atoms with Gasteiger partial charge in [-0.15, -0.1) is 0 Å². The summed E-state index contributed by atoms with van der Waals surface area (Å²) in [6.45, 7) is 55.7. The van der Waals surface area contributed by atoms with Crippen molar-refractivity contribution in [2.24, 2.45) is 72.9 Å². The lowest BCUT2D eigenvalue weighted by molar-refractivity contribution is 0.328. The van der Waals surface area contributed by atoms with Gasteiger partial charge in [0.2, 0.25) is 0 Å². The minimum atomic E-state index is 0.286. The molecule has 5 atom stereocenters. The lowest BCUT2D eigenvalue weighted by Gasteiger charge is -2.28. The maximum Gasteiger partial charge on any atom is 0.0204 e. The van der Waals surface area contributed by atoms with Crippen molar-refractivity contribution in [3.8, 4) is 0 Å². The zero-order valence-corrected chi connectivity index (χ0v) is 46.0. The molecule has 0 aromatic rings. The Morgan fingerprint density at radius 2 is 1.02 bits per heavy atom. The van der Waals surface area contributed by atoms with Crippen LogP contribution >= 0.6 is 0 Å². The molecular weight excluding hydrogens is 769 g/mol. The summed E-state index contributed by atoms with van der Waals surface area (Å²) in [4.78, 5) is 0. The van der Waals surface area contributed by atoms with E-state index >= 15 is 0 Å². The average Bonchev–Trinajstić information content (AvgIpc) is 3.89. The molecule has 0 heteroatoms. The van der Waals surface area contributed by atoms with E-state index in [4.69, 9.17) is 0 Å². The SMILES string of the molecule is CC(C)(C)C1=CC2C(=C1)CC=C2C(C)(C)C.CC(C)(C)C1=CC2C(=CC=C2C(C)(C)C)C1.CC(C)(C)C1=CCC2=CC(C(C)(C)C)C=C21.CC(C)(C)C1C=C2C=CC(C(C)(C)C)C2=C1. The number of hydrogen-bond acceptors (Lipinski definition) is 0. The fraction of sp³-hybridized carbons (Fsp3) is 0.625. The molecule has 8 aliphatic rings. The number of allylic oxidation sites excluding steroid dienone is 24. The normalized spacial score (nSPS) is 26.1. The van der Waals surface area contributed by atoms with E-state index in [-0.39, 0.29) is 5.41 Å². The van der Waals surface area contributed by atoms with Crippen LogP contribution in [0.15, 0.2) is 140 Å². The van der Waals surface area contributed by atoms with Crippen molar-refractivity contribution in [3.05, 3.63) is 140 Å². The van der Waals surface area contributed by atoms with E-state index in [2.05, 4.69) is 245 Å². The summed E-state index contributed by atoms with van der Waals surface area (Å²) < 4.78 is 0. The molecule has 0 saturated heterocycles. The highest BCUT2D eigenvalue weighted by Crippen LogP contribution is 2.52. The van der Waals surface area contributed by atoms with E-state index in [9.17, 15) is 0 Å². The standard InChI is InChI=1S/4C16H24/c4*1-15(2,3)12-9-11-7-8-14(13(11)10-12)16(4,5)6/h8-10,13H,7H2,1-6H3;8-10,12H,7H2,1-6H3;7-8,10,13H,9H2,1-6H3;7-10,12,14H,1-6H3. The zero-order chi connectivity index (χ0) is 48.6. The summed E-state index contributed by atoms with van der Waals surface area (Å²) in [5, 5.41) is 0. The van der Waals surface area contributed by atoms with Crippen LogP contribution in [0.25, 0.3) is 0 Å². The minimum absolute atomic E-state index is 0.286. The first kappa shape index (κ1) is 51.9. The highest BCUT2D eigenvalue weighted by Gasteiger charge is 2.39. The first-order chi connectivity index (χ1) is 28.8. The monoisotopic (exact) mass is 865 g/mol. The molecule has 5 unspecified atom stereocenters. The lowest BCUT2D eigenvalue weighted by atomic mass is 9.76. The predicted octanol–water partition coefficient (Wildman–Crippen LogP) is 19.4. The van der Waals surface area contributed by atoms with Gasteiger partial charge in [-0.2, -0.15) is 0 Å². The number of fused-ring (bicyclic) bond motifs is 4. The van der Waals surface area contributed by atoms with Crippen LogP contribution in [0.2, 0.25) is 0 Å². The van der Waals surface area contributed by atoms with Crippen molar-refractivity contribution in [1.29, 1.82) is 0 Å². The molecule has 0 fully saturated rings. The first-order valence-electron chi connectivity index (χ1n) is 25.3. The average molecular weight is 865 g/mol. The first-order valence-corrected chi connectivity index (χ1v) is 25.3. The highest BCUT2D eigenvalue weighted by molar-refractivity contribution is 5.59. The van der Waals surface area contributed by atoms with Gasteiger partial charge in [-0.25, -0.2) is 0 Å². The van der Waals surface area contributed by atoms with Crippen molar-refractivity contribution in [1.82, 2.24) is 0 Å². The van der Waals surface area contributed by atoms with E-state index in [1.54, 1.807) is 44.6 Å². The summed E-state index contributed by atoms with van der Waals surface area (Å²) in [5.74, 6) is 3.03.